The second-order valence-electron chi connectivity index (χ2n) is 9.98. The Morgan fingerprint density at radius 2 is 1.98 bits per heavy atom. The second-order valence-corrected chi connectivity index (χ2v) is 10.4. The summed E-state index contributed by atoms with van der Waals surface area (Å²) in [6.45, 7) is 6.48. The predicted octanol–water partition coefficient (Wildman–Crippen LogP) is 2.87. The number of fused-ring (bicyclic) bond motifs is 1. The Kier molecular flexibility index (Phi) is 8.53. The first-order valence-electron chi connectivity index (χ1n) is 13.2. The van der Waals surface area contributed by atoms with Crippen molar-refractivity contribution in [2.24, 2.45) is 0 Å². The van der Waals surface area contributed by atoms with Gasteiger partial charge in [0.2, 0.25) is 11.8 Å². The van der Waals surface area contributed by atoms with Gasteiger partial charge in [0.1, 0.15) is 25.0 Å². The molecule has 40 heavy (non-hydrogen) atoms. The zero-order valence-corrected chi connectivity index (χ0v) is 22.9. The lowest BCUT2D eigenvalue weighted by Gasteiger charge is -2.29. The van der Waals surface area contributed by atoms with Crippen molar-refractivity contribution in [2.45, 2.75) is 39.0 Å². The maximum Gasteiger partial charge on any atom is 0.411 e. The molecule has 3 heterocycles. The number of amides is 4. The quantitative estimate of drug-likeness (QED) is 0.464. The average Bonchev–Trinajstić information content (AvgIpc) is 3.26. The summed E-state index contributed by atoms with van der Waals surface area (Å²) in [6.07, 6.45) is -0.195. The van der Waals surface area contributed by atoms with Crippen LogP contribution in [0, 0.1) is 6.92 Å². The highest BCUT2D eigenvalue weighted by Crippen LogP contribution is 2.31. The standard InChI is InChI=1S/C28H31ClN4O7/c1-17-22(29)13-20(14-24(17)39-11-8-32-6-9-38-10-7-32)30-28(37)40-16-18-2-3-19-15-33(27(36)21(19)12-18)23-4-5-25(34)31-26(23)35/h2-3,12-14,23H,4-11,15-16H2,1H3,(H,30,37)(H,31,34,35). The molecule has 2 N–H and O–H groups in total. The van der Waals surface area contributed by atoms with Gasteiger partial charge in [0.15, 0.2) is 0 Å². The van der Waals surface area contributed by atoms with E-state index in [1.165, 1.54) is 4.90 Å². The molecule has 3 aliphatic rings. The smallest absolute Gasteiger partial charge is 0.411 e. The van der Waals surface area contributed by atoms with Crippen molar-refractivity contribution in [1.82, 2.24) is 15.1 Å². The van der Waals surface area contributed by atoms with Crippen LogP contribution < -0.4 is 15.4 Å². The number of morpholine rings is 1. The second kappa shape index (κ2) is 12.2. The van der Waals surface area contributed by atoms with Gasteiger partial charge in [-0.15, -0.1) is 0 Å². The van der Waals surface area contributed by atoms with Crippen LogP contribution in [0.3, 0.4) is 0 Å². The van der Waals surface area contributed by atoms with Crippen molar-refractivity contribution in [3.8, 4) is 5.75 Å². The van der Waals surface area contributed by atoms with Crippen LogP contribution in [0.25, 0.3) is 0 Å². The van der Waals surface area contributed by atoms with Crippen LogP contribution in [0.4, 0.5) is 10.5 Å². The number of carbonyl (C=O) groups is 4. The van der Waals surface area contributed by atoms with Crippen LogP contribution in [-0.2, 0) is 32.2 Å². The summed E-state index contributed by atoms with van der Waals surface area (Å²) in [6, 6.07) is 7.88. The molecule has 212 valence electrons. The molecule has 2 saturated heterocycles. The monoisotopic (exact) mass is 570 g/mol. The highest BCUT2D eigenvalue weighted by Gasteiger charge is 2.39. The molecular weight excluding hydrogens is 540 g/mol. The minimum Gasteiger partial charge on any atom is -0.492 e. The minimum atomic E-state index is -0.684. The first-order chi connectivity index (χ1) is 19.3. The third-order valence-electron chi connectivity index (χ3n) is 7.27. The highest BCUT2D eigenvalue weighted by molar-refractivity contribution is 6.31. The van der Waals surface area contributed by atoms with E-state index in [1.54, 1.807) is 30.3 Å². The van der Waals surface area contributed by atoms with Crippen molar-refractivity contribution >= 4 is 41.1 Å². The number of carbonyl (C=O) groups excluding carboxylic acids is 4. The van der Waals surface area contributed by atoms with Crippen molar-refractivity contribution < 1.29 is 33.4 Å². The number of hydrogen-bond acceptors (Lipinski definition) is 8. The van der Waals surface area contributed by atoms with Crippen LogP contribution in [0.15, 0.2) is 30.3 Å². The Balaban J connectivity index is 1.15. The highest BCUT2D eigenvalue weighted by atomic mass is 35.5. The van der Waals surface area contributed by atoms with Gasteiger partial charge in [0, 0.05) is 60.5 Å². The van der Waals surface area contributed by atoms with E-state index < -0.39 is 18.0 Å². The van der Waals surface area contributed by atoms with E-state index in [9.17, 15) is 19.2 Å². The molecule has 0 radical (unpaired) electrons. The zero-order valence-electron chi connectivity index (χ0n) is 22.2. The molecule has 2 aromatic carbocycles. The van der Waals surface area contributed by atoms with Crippen LogP contribution in [0.2, 0.25) is 5.02 Å². The predicted molar refractivity (Wildman–Crippen MR) is 145 cm³/mol. The molecule has 0 aromatic heterocycles. The molecular formula is C28H31ClN4O7. The van der Waals surface area contributed by atoms with E-state index in [-0.39, 0.29) is 31.4 Å². The third-order valence-corrected chi connectivity index (χ3v) is 7.67. The molecule has 12 heteroatoms. The lowest BCUT2D eigenvalue weighted by Crippen LogP contribution is -2.52. The number of anilines is 1. The Morgan fingerprint density at radius 1 is 1.18 bits per heavy atom. The normalized spacial score (nSPS) is 19.3. The molecule has 11 nitrogen and oxygen atoms in total. The van der Waals surface area contributed by atoms with Crippen LogP contribution in [0.1, 0.15) is 39.9 Å². The fourth-order valence-electron chi connectivity index (χ4n) is 4.98. The summed E-state index contributed by atoms with van der Waals surface area (Å²) < 4.78 is 16.7. The molecule has 0 aliphatic carbocycles. The van der Waals surface area contributed by atoms with Crippen LogP contribution >= 0.6 is 11.6 Å². The number of imide groups is 1. The van der Waals surface area contributed by atoms with Gasteiger partial charge in [0.25, 0.3) is 5.91 Å². The Bertz CT molecular complexity index is 1330. The lowest BCUT2D eigenvalue weighted by atomic mass is 10.0. The van der Waals surface area contributed by atoms with E-state index in [2.05, 4.69) is 15.5 Å². The fourth-order valence-corrected chi connectivity index (χ4v) is 5.19. The molecule has 5 rings (SSSR count). The molecule has 2 fully saturated rings. The number of hydrogen-bond donors (Lipinski definition) is 2. The lowest BCUT2D eigenvalue weighted by molar-refractivity contribution is -0.136. The Labute approximate surface area is 236 Å². The minimum absolute atomic E-state index is 0.0622. The van der Waals surface area contributed by atoms with E-state index in [4.69, 9.17) is 25.8 Å². The maximum absolute atomic E-state index is 13.0. The zero-order chi connectivity index (χ0) is 28.2. The first kappa shape index (κ1) is 27.9. The summed E-state index contributed by atoms with van der Waals surface area (Å²) in [4.78, 5) is 53.0. The van der Waals surface area contributed by atoms with Gasteiger partial charge in [-0.2, -0.15) is 0 Å². The number of rotatable bonds is 8. The number of nitrogens with one attached hydrogen (secondary N) is 2. The van der Waals surface area contributed by atoms with E-state index >= 15 is 0 Å². The molecule has 2 aromatic rings. The van der Waals surface area contributed by atoms with E-state index in [0.29, 0.717) is 40.6 Å². The molecule has 0 saturated carbocycles. The number of ether oxygens (including phenoxy) is 3. The number of benzene rings is 2. The topological polar surface area (TPSA) is 127 Å². The fraction of sp³-hybridized carbons (Fsp3) is 0.429. The van der Waals surface area contributed by atoms with Crippen LogP contribution in [0.5, 0.6) is 5.75 Å². The van der Waals surface area contributed by atoms with Gasteiger partial charge < -0.3 is 19.1 Å². The van der Waals surface area contributed by atoms with Crippen molar-refractivity contribution in [2.75, 3.05) is 44.8 Å². The average molecular weight is 571 g/mol. The third kappa shape index (κ3) is 6.38. The number of piperidine rings is 1. The molecule has 1 atom stereocenters. The summed E-state index contributed by atoms with van der Waals surface area (Å²) >= 11 is 6.38. The Hall–Kier alpha value is -3.67. The summed E-state index contributed by atoms with van der Waals surface area (Å²) in [5.41, 5.74) is 3.07. The van der Waals surface area contributed by atoms with E-state index in [0.717, 1.165) is 44.0 Å². The Morgan fingerprint density at radius 3 is 2.75 bits per heavy atom. The molecule has 0 bridgehead atoms. The van der Waals surface area contributed by atoms with Gasteiger partial charge in [-0.25, -0.2) is 4.79 Å². The van der Waals surface area contributed by atoms with Gasteiger partial charge in [0.05, 0.1) is 13.2 Å². The van der Waals surface area contributed by atoms with Crippen molar-refractivity contribution in [3.05, 3.63) is 57.6 Å². The molecule has 0 spiro atoms. The maximum atomic E-state index is 13.0. The van der Waals surface area contributed by atoms with Gasteiger partial charge >= 0.3 is 6.09 Å². The molecule has 4 amide bonds. The largest absolute Gasteiger partial charge is 0.492 e. The van der Waals surface area contributed by atoms with Gasteiger partial charge in [-0.05, 0) is 36.6 Å². The number of nitrogens with zero attached hydrogens (tertiary/aromatic N) is 2. The molecule has 1 unspecified atom stereocenters. The van der Waals surface area contributed by atoms with Gasteiger partial charge in [-0.1, -0.05) is 23.7 Å². The summed E-state index contributed by atoms with van der Waals surface area (Å²) in [5, 5.41) is 5.43. The SMILES string of the molecule is Cc1c(Cl)cc(NC(=O)OCc2ccc3c(c2)C(=O)N(C2CCC(=O)NC2=O)C3)cc1OCCN1CCOCC1. The van der Waals surface area contributed by atoms with E-state index in [1.807, 2.05) is 6.92 Å². The summed E-state index contributed by atoms with van der Waals surface area (Å²) in [5.74, 6) is -0.497. The van der Waals surface area contributed by atoms with Crippen molar-refractivity contribution in [1.29, 1.82) is 0 Å². The summed E-state index contributed by atoms with van der Waals surface area (Å²) in [7, 11) is 0. The number of halogens is 1. The first-order valence-corrected chi connectivity index (χ1v) is 13.6. The molecule has 3 aliphatic heterocycles. The van der Waals surface area contributed by atoms with Crippen LogP contribution in [-0.4, -0.2) is 79.1 Å². The van der Waals surface area contributed by atoms with Crippen molar-refractivity contribution in [3.63, 3.8) is 0 Å². The van der Waals surface area contributed by atoms with Gasteiger partial charge in [-0.3, -0.25) is 29.9 Å².